The lowest BCUT2D eigenvalue weighted by atomic mass is 10.1. The predicted molar refractivity (Wildman–Crippen MR) is 64.8 cm³/mol. The summed E-state index contributed by atoms with van der Waals surface area (Å²) in [5.41, 5.74) is 0.768. The molecule has 3 rings (SSSR count). The molecule has 1 unspecified atom stereocenters. The number of nitrogens with zero attached hydrogens (tertiary/aromatic N) is 3. The van der Waals surface area contributed by atoms with E-state index in [0.717, 1.165) is 18.5 Å². The second-order valence-corrected chi connectivity index (χ2v) is 4.99. The Hall–Kier alpha value is -1.85. The van der Waals surface area contributed by atoms with E-state index in [1.54, 1.807) is 22.0 Å². The summed E-state index contributed by atoms with van der Waals surface area (Å²) < 4.78 is 1.66. The summed E-state index contributed by atoms with van der Waals surface area (Å²) in [4.78, 5) is 25.8. The largest absolute Gasteiger partial charge is 0.344 e. The number of nitrogens with one attached hydrogen (secondary N) is 1. The molecular formula is C12H16N4O2. The highest BCUT2D eigenvalue weighted by atomic mass is 16.2. The molecule has 0 radical (unpaired) electrons. The number of aryl methyl sites for hydroxylation is 1. The van der Waals surface area contributed by atoms with Gasteiger partial charge >= 0.3 is 0 Å². The third kappa shape index (κ3) is 1.98. The van der Waals surface area contributed by atoms with E-state index in [4.69, 9.17) is 0 Å². The van der Waals surface area contributed by atoms with Gasteiger partial charge in [0.15, 0.2) is 0 Å². The first-order chi connectivity index (χ1) is 8.65. The molecule has 18 heavy (non-hydrogen) atoms. The molecule has 1 aliphatic carbocycles. The number of rotatable bonds is 2. The highest BCUT2D eigenvalue weighted by Crippen LogP contribution is 2.34. The van der Waals surface area contributed by atoms with Crippen LogP contribution in [0.2, 0.25) is 0 Å². The van der Waals surface area contributed by atoms with E-state index in [1.807, 2.05) is 7.05 Å². The Labute approximate surface area is 105 Å². The molecule has 1 aromatic rings. The first-order valence-electron chi connectivity index (χ1n) is 6.24. The monoisotopic (exact) mass is 248 g/mol. The molecule has 1 aliphatic heterocycles. The summed E-state index contributed by atoms with van der Waals surface area (Å²) in [6.07, 6.45) is 5.87. The van der Waals surface area contributed by atoms with Crippen molar-refractivity contribution >= 4 is 17.5 Å². The molecule has 0 aromatic carbocycles. The summed E-state index contributed by atoms with van der Waals surface area (Å²) in [5, 5.41) is 6.92. The molecule has 0 spiro atoms. The number of amides is 2. The fourth-order valence-electron chi connectivity index (χ4n) is 2.35. The van der Waals surface area contributed by atoms with Gasteiger partial charge in [0.25, 0.3) is 0 Å². The van der Waals surface area contributed by atoms with E-state index in [0.29, 0.717) is 18.9 Å². The number of aromatic nitrogens is 2. The zero-order valence-electron chi connectivity index (χ0n) is 10.3. The average molecular weight is 248 g/mol. The Kier molecular flexibility index (Phi) is 2.57. The minimum atomic E-state index is -0.347. The Morgan fingerprint density at radius 1 is 1.39 bits per heavy atom. The van der Waals surface area contributed by atoms with Gasteiger partial charge in [0.1, 0.15) is 6.04 Å². The SMILES string of the molecule is Cn1cc(N2CCC(=O)NC(C3CC3)C2=O)cn1. The van der Waals surface area contributed by atoms with Crippen LogP contribution in [0.15, 0.2) is 12.4 Å². The van der Waals surface area contributed by atoms with E-state index in [-0.39, 0.29) is 17.9 Å². The van der Waals surface area contributed by atoms with Crippen LogP contribution in [0.3, 0.4) is 0 Å². The lowest BCUT2D eigenvalue weighted by molar-refractivity contribution is -0.126. The van der Waals surface area contributed by atoms with Crippen molar-refractivity contribution in [1.29, 1.82) is 0 Å². The van der Waals surface area contributed by atoms with Crippen LogP contribution in [-0.4, -0.2) is 34.2 Å². The first-order valence-corrected chi connectivity index (χ1v) is 6.24. The van der Waals surface area contributed by atoms with E-state index in [2.05, 4.69) is 10.4 Å². The maximum atomic E-state index is 12.5. The fraction of sp³-hybridized carbons (Fsp3) is 0.583. The predicted octanol–water partition coefficient (Wildman–Crippen LogP) is 0.0516. The molecule has 2 amide bonds. The highest BCUT2D eigenvalue weighted by Gasteiger charge is 2.41. The molecule has 1 saturated heterocycles. The zero-order chi connectivity index (χ0) is 12.7. The van der Waals surface area contributed by atoms with Crippen molar-refractivity contribution in [3.8, 4) is 0 Å². The van der Waals surface area contributed by atoms with Gasteiger partial charge in [-0.25, -0.2) is 0 Å². The minimum absolute atomic E-state index is 0.00338. The van der Waals surface area contributed by atoms with Gasteiger partial charge in [0, 0.05) is 26.2 Å². The van der Waals surface area contributed by atoms with Crippen LogP contribution in [0, 0.1) is 5.92 Å². The quantitative estimate of drug-likeness (QED) is 0.804. The maximum Gasteiger partial charge on any atom is 0.249 e. The molecular weight excluding hydrogens is 232 g/mol. The molecule has 0 bridgehead atoms. The third-order valence-corrected chi connectivity index (χ3v) is 3.51. The van der Waals surface area contributed by atoms with Gasteiger partial charge in [-0.1, -0.05) is 0 Å². The fourth-order valence-corrected chi connectivity index (χ4v) is 2.35. The Morgan fingerprint density at radius 2 is 2.17 bits per heavy atom. The van der Waals surface area contributed by atoms with E-state index in [1.165, 1.54) is 0 Å². The van der Waals surface area contributed by atoms with Crippen molar-refractivity contribution in [3.05, 3.63) is 12.4 Å². The second-order valence-electron chi connectivity index (χ2n) is 4.99. The number of carbonyl (C=O) groups excluding carboxylic acids is 2. The number of hydrogen-bond acceptors (Lipinski definition) is 3. The van der Waals surface area contributed by atoms with E-state index in [9.17, 15) is 9.59 Å². The zero-order valence-corrected chi connectivity index (χ0v) is 10.3. The standard InChI is InChI=1S/C12H16N4O2/c1-15-7-9(6-13-15)16-5-4-10(17)14-11(12(16)18)8-2-3-8/h6-8,11H,2-5H2,1H3,(H,14,17). The van der Waals surface area contributed by atoms with Crippen molar-refractivity contribution in [1.82, 2.24) is 15.1 Å². The Bertz CT molecular complexity index is 492. The number of anilines is 1. The van der Waals surface area contributed by atoms with Crippen molar-refractivity contribution in [2.24, 2.45) is 13.0 Å². The molecule has 6 nitrogen and oxygen atoms in total. The molecule has 2 fully saturated rings. The van der Waals surface area contributed by atoms with Crippen LogP contribution < -0.4 is 10.2 Å². The van der Waals surface area contributed by atoms with Crippen molar-refractivity contribution in [3.63, 3.8) is 0 Å². The summed E-state index contributed by atoms with van der Waals surface area (Å²) in [5.74, 6) is 0.279. The maximum absolute atomic E-state index is 12.5. The molecule has 1 aromatic heterocycles. The van der Waals surface area contributed by atoms with Gasteiger partial charge in [-0.05, 0) is 18.8 Å². The van der Waals surface area contributed by atoms with Crippen LogP contribution in [0.1, 0.15) is 19.3 Å². The third-order valence-electron chi connectivity index (χ3n) is 3.51. The molecule has 2 aliphatic rings. The van der Waals surface area contributed by atoms with Crippen LogP contribution in [0.25, 0.3) is 0 Å². The molecule has 6 heteroatoms. The molecule has 2 heterocycles. The number of hydrogen-bond donors (Lipinski definition) is 1. The van der Waals surface area contributed by atoms with Crippen molar-refractivity contribution < 1.29 is 9.59 Å². The lowest BCUT2D eigenvalue weighted by Gasteiger charge is -2.22. The molecule has 1 saturated carbocycles. The summed E-state index contributed by atoms with van der Waals surface area (Å²) in [6.45, 7) is 0.430. The van der Waals surface area contributed by atoms with Crippen molar-refractivity contribution in [2.75, 3.05) is 11.4 Å². The topological polar surface area (TPSA) is 67.2 Å². The van der Waals surface area contributed by atoms with E-state index < -0.39 is 0 Å². The summed E-state index contributed by atoms with van der Waals surface area (Å²) in [7, 11) is 1.81. The summed E-state index contributed by atoms with van der Waals surface area (Å²) >= 11 is 0. The van der Waals surface area contributed by atoms with Gasteiger partial charge < -0.3 is 10.2 Å². The molecule has 96 valence electrons. The van der Waals surface area contributed by atoms with Crippen LogP contribution in [0.5, 0.6) is 0 Å². The van der Waals surface area contributed by atoms with Crippen molar-refractivity contribution in [2.45, 2.75) is 25.3 Å². The lowest BCUT2D eigenvalue weighted by Crippen LogP contribution is -2.46. The first kappa shape index (κ1) is 11.3. The van der Waals surface area contributed by atoms with Gasteiger partial charge in [0.05, 0.1) is 11.9 Å². The molecule has 1 atom stereocenters. The van der Waals surface area contributed by atoms with Crippen LogP contribution in [0.4, 0.5) is 5.69 Å². The van der Waals surface area contributed by atoms with Gasteiger partial charge in [-0.3, -0.25) is 14.3 Å². The highest BCUT2D eigenvalue weighted by molar-refractivity contribution is 6.01. The average Bonchev–Trinajstić information content (AvgIpc) is 3.10. The van der Waals surface area contributed by atoms with Crippen LogP contribution in [-0.2, 0) is 16.6 Å². The molecule has 1 N–H and O–H groups in total. The van der Waals surface area contributed by atoms with Crippen LogP contribution >= 0.6 is 0 Å². The minimum Gasteiger partial charge on any atom is -0.344 e. The van der Waals surface area contributed by atoms with E-state index >= 15 is 0 Å². The summed E-state index contributed by atoms with van der Waals surface area (Å²) in [6, 6.07) is -0.347. The Morgan fingerprint density at radius 3 is 2.78 bits per heavy atom. The normalized spacial score (nSPS) is 24.9. The Balaban J connectivity index is 1.88. The second kappa shape index (κ2) is 4.12. The smallest absolute Gasteiger partial charge is 0.249 e. The van der Waals surface area contributed by atoms with Gasteiger partial charge in [0.2, 0.25) is 11.8 Å². The van der Waals surface area contributed by atoms with Gasteiger partial charge in [-0.2, -0.15) is 5.10 Å². The number of carbonyl (C=O) groups is 2. The van der Waals surface area contributed by atoms with Gasteiger partial charge in [-0.15, -0.1) is 0 Å².